The standard InChI is InChI=1S/C15H21N5O3/c1-15(2,3)22-14(21)20-8-4-5-10(9-20)13-18-12(19-23-13)11-16-6-7-17-11/h6-7,10H,4-5,8-9H2,1-3H3,(H,16,17). The van der Waals surface area contributed by atoms with Crippen molar-refractivity contribution < 1.29 is 14.1 Å². The summed E-state index contributed by atoms with van der Waals surface area (Å²) in [6, 6.07) is 0. The van der Waals surface area contributed by atoms with Crippen molar-refractivity contribution in [3.63, 3.8) is 0 Å². The summed E-state index contributed by atoms with van der Waals surface area (Å²) in [6.07, 6.45) is 4.82. The van der Waals surface area contributed by atoms with Crippen LogP contribution < -0.4 is 0 Å². The fourth-order valence-electron chi connectivity index (χ4n) is 2.56. The van der Waals surface area contributed by atoms with Gasteiger partial charge in [0.25, 0.3) is 0 Å². The number of piperidine rings is 1. The number of rotatable bonds is 2. The van der Waals surface area contributed by atoms with Crippen molar-refractivity contribution in [2.24, 2.45) is 0 Å². The minimum atomic E-state index is -0.499. The number of carbonyl (C=O) groups excluding carboxylic acids is 1. The van der Waals surface area contributed by atoms with E-state index in [2.05, 4.69) is 20.1 Å². The number of amides is 1. The predicted octanol–water partition coefficient (Wildman–Crippen LogP) is 2.57. The van der Waals surface area contributed by atoms with Gasteiger partial charge in [-0.25, -0.2) is 9.78 Å². The fourth-order valence-corrected chi connectivity index (χ4v) is 2.56. The maximum atomic E-state index is 12.2. The molecule has 124 valence electrons. The number of H-pyrrole nitrogens is 1. The van der Waals surface area contributed by atoms with Crippen LogP contribution >= 0.6 is 0 Å². The second-order valence-corrected chi connectivity index (χ2v) is 6.66. The minimum absolute atomic E-state index is 0.0208. The van der Waals surface area contributed by atoms with Crippen LogP contribution in [0.5, 0.6) is 0 Å². The molecule has 2 aromatic rings. The van der Waals surface area contributed by atoms with Crippen LogP contribution in [0.1, 0.15) is 45.4 Å². The van der Waals surface area contributed by atoms with Crippen molar-refractivity contribution in [2.45, 2.75) is 45.1 Å². The molecule has 0 spiro atoms. The lowest BCUT2D eigenvalue weighted by atomic mass is 9.98. The number of nitrogens with one attached hydrogen (secondary N) is 1. The molecule has 0 bridgehead atoms. The van der Waals surface area contributed by atoms with E-state index in [1.54, 1.807) is 17.3 Å². The van der Waals surface area contributed by atoms with Gasteiger partial charge in [-0.3, -0.25) is 0 Å². The average molecular weight is 319 g/mol. The molecule has 23 heavy (non-hydrogen) atoms. The van der Waals surface area contributed by atoms with Crippen LogP contribution in [0.3, 0.4) is 0 Å². The molecular formula is C15H21N5O3. The first-order valence-corrected chi connectivity index (χ1v) is 7.73. The van der Waals surface area contributed by atoms with Gasteiger partial charge in [-0.2, -0.15) is 4.98 Å². The van der Waals surface area contributed by atoms with Gasteiger partial charge in [0.1, 0.15) is 5.60 Å². The number of likely N-dealkylation sites (tertiary alicyclic amines) is 1. The maximum Gasteiger partial charge on any atom is 0.410 e. The van der Waals surface area contributed by atoms with Gasteiger partial charge in [0.05, 0.1) is 5.92 Å². The number of carbonyl (C=O) groups is 1. The van der Waals surface area contributed by atoms with Crippen LogP contribution in [0.4, 0.5) is 4.79 Å². The fraction of sp³-hybridized carbons (Fsp3) is 0.600. The third-order valence-corrected chi connectivity index (χ3v) is 3.57. The summed E-state index contributed by atoms with van der Waals surface area (Å²) in [4.78, 5) is 25.3. The van der Waals surface area contributed by atoms with Crippen molar-refractivity contribution in [2.75, 3.05) is 13.1 Å². The summed E-state index contributed by atoms with van der Waals surface area (Å²) in [7, 11) is 0. The van der Waals surface area contributed by atoms with Crippen LogP contribution in [0, 0.1) is 0 Å². The first-order valence-electron chi connectivity index (χ1n) is 7.73. The summed E-state index contributed by atoms with van der Waals surface area (Å²) < 4.78 is 10.8. The average Bonchev–Trinajstić information content (AvgIpc) is 3.17. The van der Waals surface area contributed by atoms with E-state index in [0.29, 0.717) is 30.6 Å². The summed E-state index contributed by atoms with van der Waals surface area (Å²) >= 11 is 0. The summed E-state index contributed by atoms with van der Waals surface area (Å²) in [5.41, 5.74) is -0.499. The normalized spacial score (nSPS) is 18.9. The highest BCUT2D eigenvalue weighted by Gasteiger charge is 2.31. The van der Waals surface area contributed by atoms with E-state index < -0.39 is 5.60 Å². The van der Waals surface area contributed by atoms with Crippen LogP contribution in [0.25, 0.3) is 11.6 Å². The van der Waals surface area contributed by atoms with Gasteiger partial charge >= 0.3 is 6.09 Å². The Kier molecular flexibility index (Phi) is 4.06. The Hall–Kier alpha value is -2.38. The van der Waals surface area contributed by atoms with E-state index in [1.165, 1.54) is 0 Å². The van der Waals surface area contributed by atoms with E-state index in [1.807, 2.05) is 20.8 Å². The van der Waals surface area contributed by atoms with Gasteiger partial charge in [0.2, 0.25) is 11.7 Å². The van der Waals surface area contributed by atoms with Crippen LogP contribution in [0.15, 0.2) is 16.9 Å². The van der Waals surface area contributed by atoms with Gasteiger partial charge in [-0.05, 0) is 33.6 Å². The monoisotopic (exact) mass is 319 g/mol. The van der Waals surface area contributed by atoms with Gasteiger partial charge in [-0.15, -0.1) is 0 Å². The highest BCUT2D eigenvalue weighted by atomic mass is 16.6. The molecular weight excluding hydrogens is 298 g/mol. The first kappa shape index (κ1) is 15.5. The van der Waals surface area contributed by atoms with Crippen LogP contribution in [0.2, 0.25) is 0 Å². The van der Waals surface area contributed by atoms with Crippen molar-refractivity contribution in [3.05, 3.63) is 18.3 Å². The van der Waals surface area contributed by atoms with Gasteiger partial charge in [0, 0.05) is 25.5 Å². The lowest BCUT2D eigenvalue weighted by Gasteiger charge is -2.32. The molecule has 1 N–H and O–H groups in total. The number of hydrogen-bond acceptors (Lipinski definition) is 6. The number of nitrogens with zero attached hydrogens (tertiary/aromatic N) is 4. The van der Waals surface area contributed by atoms with E-state index in [0.717, 1.165) is 12.8 Å². The van der Waals surface area contributed by atoms with Crippen LogP contribution in [-0.2, 0) is 4.74 Å². The lowest BCUT2D eigenvalue weighted by molar-refractivity contribution is 0.0189. The predicted molar refractivity (Wildman–Crippen MR) is 81.7 cm³/mol. The Morgan fingerprint density at radius 2 is 2.30 bits per heavy atom. The number of aromatic amines is 1. The van der Waals surface area contributed by atoms with Gasteiger partial charge < -0.3 is 19.1 Å². The molecule has 2 aromatic heterocycles. The van der Waals surface area contributed by atoms with Gasteiger partial charge in [0.15, 0.2) is 5.82 Å². The Bertz CT molecular complexity index is 659. The largest absolute Gasteiger partial charge is 0.444 e. The lowest BCUT2D eigenvalue weighted by Crippen LogP contribution is -2.42. The zero-order valence-electron chi connectivity index (χ0n) is 13.6. The van der Waals surface area contributed by atoms with Crippen molar-refractivity contribution in [1.82, 2.24) is 25.0 Å². The van der Waals surface area contributed by atoms with Crippen molar-refractivity contribution in [1.29, 1.82) is 0 Å². The number of hydrogen-bond donors (Lipinski definition) is 1. The van der Waals surface area contributed by atoms with E-state index in [4.69, 9.17) is 9.26 Å². The zero-order chi connectivity index (χ0) is 16.4. The SMILES string of the molecule is CC(C)(C)OC(=O)N1CCCC(c2nc(-c3ncc[nH]3)no2)C1. The third kappa shape index (κ3) is 3.69. The zero-order valence-corrected chi connectivity index (χ0v) is 13.6. The smallest absolute Gasteiger partial charge is 0.410 e. The minimum Gasteiger partial charge on any atom is -0.444 e. The molecule has 8 heteroatoms. The number of ether oxygens (including phenoxy) is 1. The summed E-state index contributed by atoms with van der Waals surface area (Å²) in [6.45, 7) is 6.79. The Labute approximate surface area is 134 Å². The second kappa shape index (κ2) is 6.02. The highest BCUT2D eigenvalue weighted by Crippen LogP contribution is 2.27. The Morgan fingerprint density at radius 3 is 3.00 bits per heavy atom. The topological polar surface area (TPSA) is 97.1 Å². The molecule has 0 aromatic carbocycles. The van der Waals surface area contributed by atoms with Gasteiger partial charge in [-0.1, -0.05) is 5.16 Å². The summed E-state index contributed by atoms with van der Waals surface area (Å²) in [5.74, 6) is 1.55. The second-order valence-electron chi connectivity index (χ2n) is 6.66. The van der Waals surface area contributed by atoms with Crippen molar-refractivity contribution in [3.8, 4) is 11.6 Å². The quantitative estimate of drug-likeness (QED) is 0.913. The van der Waals surface area contributed by atoms with Crippen LogP contribution in [-0.4, -0.2) is 49.8 Å². The molecule has 0 radical (unpaired) electrons. The molecule has 3 heterocycles. The molecule has 1 amide bonds. The van der Waals surface area contributed by atoms with E-state index in [9.17, 15) is 4.79 Å². The first-order chi connectivity index (χ1) is 10.9. The Morgan fingerprint density at radius 1 is 1.48 bits per heavy atom. The van der Waals surface area contributed by atoms with E-state index in [-0.39, 0.29) is 12.0 Å². The molecule has 1 fully saturated rings. The summed E-state index contributed by atoms with van der Waals surface area (Å²) in [5, 5.41) is 3.95. The maximum absolute atomic E-state index is 12.2. The Balaban J connectivity index is 1.68. The molecule has 8 nitrogen and oxygen atoms in total. The molecule has 0 saturated carbocycles. The molecule has 0 aliphatic carbocycles. The number of imidazole rings is 1. The molecule has 3 rings (SSSR count). The third-order valence-electron chi connectivity index (χ3n) is 3.57. The molecule has 1 aliphatic heterocycles. The highest BCUT2D eigenvalue weighted by molar-refractivity contribution is 5.68. The number of aromatic nitrogens is 4. The molecule has 1 unspecified atom stereocenters. The van der Waals surface area contributed by atoms with Crippen molar-refractivity contribution >= 4 is 6.09 Å². The molecule has 1 saturated heterocycles. The van der Waals surface area contributed by atoms with E-state index >= 15 is 0 Å². The molecule has 1 atom stereocenters. The molecule has 1 aliphatic rings.